The van der Waals surface area contributed by atoms with E-state index in [9.17, 15) is 20.0 Å². The number of aliphatic hydroxyl groups is 1. The molecule has 1 atom stereocenters. The summed E-state index contributed by atoms with van der Waals surface area (Å²) >= 11 is 0. The molecular formula is C12H14N2O5. The molecule has 0 aromatic heterocycles. The van der Waals surface area contributed by atoms with Crippen LogP contribution in [0.3, 0.4) is 0 Å². The fourth-order valence-corrected chi connectivity index (χ4v) is 2.07. The molecule has 1 aliphatic heterocycles. The molecule has 1 aromatic rings. The average molecular weight is 266 g/mol. The molecule has 1 saturated heterocycles. The number of carbonyl (C=O) groups is 1. The lowest BCUT2D eigenvalue weighted by Gasteiger charge is -2.15. The SMILES string of the molecule is COc1cc(C(=O)N2CC[C@H](O)C2)ccc1[N+](=O)[O-]. The third kappa shape index (κ3) is 2.65. The van der Waals surface area contributed by atoms with Crippen molar-refractivity contribution >= 4 is 11.6 Å². The Morgan fingerprint density at radius 3 is 2.84 bits per heavy atom. The van der Waals surface area contributed by atoms with Gasteiger partial charge in [-0.1, -0.05) is 0 Å². The van der Waals surface area contributed by atoms with Crippen molar-refractivity contribution in [2.75, 3.05) is 20.2 Å². The Morgan fingerprint density at radius 2 is 2.32 bits per heavy atom. The highest BCUT2D eigenvalue weighted by Crippen LogP contribution is 2.28. The van der Waals surface area contributed by atoms with Crippen LogP contribution in [0.1, 0.15) is 16.8 Å². The van der Waals surface area contributed by atoms with Gasteiger partial charge in [-0.05, 0) is 12.5 Å². The molecule has 7 nitrogen and oxygen atoms in total. The first-order valence-electron chi connectivity index (χ1n) is 5.82. The van der Waals surface area contributed by atoms with Crippen molar-refractivity contribution in [2.45, 2.75) is 12.5 Å². The predicted molar refractivity (Wildman–Crippen MR) is 66.2 cm³/mol. The normalized spacial score (nSPS) is 18.4. The number of β-amino-alcohol motifs (C(OH)–C–C–N with tert-alkyl or cyclic N) is 1. The molecular weight excluding hydrogens is 252 g/mol. The number of nitro benzene ring substituents is 1. The van der Waals surface area contributed by atoms with E-state index in [1.165, 1.54) is 30.2 Å². The second-order valence-electron chi connectivity index (χ2n) is 4.34. The molecule has 0 unspecified atom stereocenters. The van der Waals surface area contributed by atoms with E-state index in [0.29, 0.717) is 18.5 Å². The number of nitrogens with zero attached hydrogens (tertiary/aromatic N) is 2. The van der Waals surface area contributed by atoms with Crippen LogP contribution in [0.5, 0.6) is 5.75 Å². The van der Waals surface area contributed by atoms with Crippen molar-refractivity contribution in [1.29, 1.82) is 0 Å². The Kier molecular flexibility index (Phi) is 3.66. The smallest absolute Gasteiger partial charge is 0.310 e. The van der Waals surface area contributed by atoms with Gasteiger partial charge in [-0.15, -0.1) is 0 Å². The van der Waals surface area contributed by atoms with Gasteiger partial charge in [0.05, 0.1) is 18.1 Å². The van der Waals surface area contributed by atoms with E-state index in [4.69, 9.17) is 4.74 Å². The summed E-state index contributed by atoms with van der Waals surface area (Å²) in [6.07, 6.45) is 0.0551. The highest BCUT2D eigenvalue weighted by molar-refractivity contribution is 5.95. The largest absolute Gasteiger partial charge is 0.490 e. The van der Waals surface area contributed by atoms with Crippen LogP contribution in [-0.4, -0.2) is 47.1 Å². The standard InChI is InChI=1S/C12H14N2O5/c1-19-11-6-8(2-3-10(11)14(17)18)12(16)13-5-4-9(15)7-13/h2-3,6,9,15H,4-5,7H2,1H3/t9-/m0/s1. The number of benzene rings is 1. The number of ether oxygens (including phenoxy) is 1. The van der Waals surface area contributed by atoms with E-state index < -0.39 is 11.0 Å². The zero-order valence-corrected chi connectivity index (χ0v) is 10.4. The molecule has 0 bridgehead atoms. The van der Waals surface area contributed by atoms with Gasteiger partial charge in [-0.3, -0.25) is 14.9 Å². The summed E-state index contributed by atoms with van der Waals surface area (Å²) in [7, 11) is 1.32. The molecule has 0 saturated carbocycles. The molecule has 0 spiro atoms. The summed E-state index contributed by atoms with van der Waals surface area (Å²) in [6, 6.07) is 4.00. The fraction of sp³-hybridized carbons (Fsp3) is 0.417. The van der Waals surface area contributed by atoms with Crippen LogP contribution < -0.4 is 4.74 Å². The number of carbonyl (C=O) groups excluding carboxylic acids is 1. The number of hydrogen-bond acceptors (Lipinski definition) is 5. The first-order chi connectivity index (χ1) is 9.02. The van der Waals surface area contributed by atoms with Gasteiger partial charge < -0.3 is 14.7 Å². The Morgan fingerprint density at radius 1 is 1.58 bits per heavy atom. The lowest BCUT2D eigenvalue weighted by molar-refractivity contribution is -0.385. The lowest BCUT2D eigenvalue weighted by Crippen LogP contribution is -2.29. The molecule has 0 aliphatic carbocycles. The van der Waals surface area contributed by atoms with Gasteiger partial charge in [0.2, 0.25) is 0 Å². The molecule has 1 heterocycles. The minimum Gasteiger partial charge on any atom is -0.490 e. The van der Waals surface area contributed by atoms with Crippen molar-refractivity contribution in [3.05, 3.63) is 33.9 Å². The van der Waals surface area contributed by atoms with Gasteiger partial charge in [-0.2, -0.15) is 0 Å². The van der Waals surface area contributed by atoms with E-state index in [-0.39, 0.29) is 23.9 Å². The van der Waals surface area contributed by atoms with Gasteiger partial charge in [0, 0.05) is 30.8 Å². The summed E-state index contributed by atoms with van der Waals surface area (Å²) in [4.78, 5) is 23.8. The minimum absolute atomic E-state index is 0.0515. The quantitative estimate of drug-likeness (QED) is 0.645. The van der Waals surface area contributed by atoms with E-state index in [0.717, 1.165) is 0 Å². The van der Waals surface area contributed by atoms with Crippen molar-refractivity contribution in [1.82, 2.24) is 4.90 Å². The summed E-state index contributed by atoms with van der Waals surface area (Å²) < 4.78 is 4.92. The van der Waals surface area contributed by atoms with E-state index in [2.05, 4.69) is 0 Å². The van der Waals surface area contributed by atoms with Crippen molar-refractivity contribution < 1.29 is 19.6 Å². The molecule has 7 heteroatoms. The van der Waals surface area contributed by atoms with Crippen molar-refractivity contribution in [2.24, 2.45) is 0 Å². The van der Waals surface area contributed by atoms with Crippen LogP contribution in [0.15, 0.2) is 18.2 Å². The molecule has 102 valence electrons. The second kappa shape index (κ2) is 5.23. The molecule has 1 amide bonds. The van der Waals surface area contributed by atoms with Gasteiger partial charge in [0.1, 0.15) is 0 Å². The number of hydrogen-bond donors (Lipinski definition) is 1. The van der Waals surface area contributed by atoms with Crippen LogP contribution in [0, 0.1) is 10.1 Å². The molecule has 0 radical (unpaired) electrons. The Hall–Kier alpha value is -2.15. The molecule has 1 aliphatic rings. The molecule has 1 fully saturated rings. The van der Waals surface area contributed by atoms with Crippen LogP contribution in [0.4, 0.5) is 5.69 Å². The monoisotopic (exact) mass is 266 g/mol. The second-order valence-corrected chi connectivity index (χ2v) is 4.34. The topological polar surface area (TPSA) is 92.9 Å². The third-order valence-corrected chi connectivity index (χ3v) is 3.07. The van der Waals surface area contributed by atoms with Crippen LogP contribution in [0.2, 0.25) is 0 Å². The number of methoxy groups -OCH3 is 1. The van der Waals surface area contributed by atoms with Crippen LogP contribution >= 0.6 is 0 Å². The van der Waals surface area contributed by atoms with E-state index in [1.54, 1.807) is 0 Å². The number of aliphatic hydroxyl groups excluding tert-OH is 1. The maximum atomic E-state index is 12.1. The number of likely N-dealkylation sites (tertiary alicyclic amines) is 1. The first-order valence-corrected chi connectivity index (χ1v) is 5.82. The first kappa shape index (κ1) is 13.3. The van der Waals surface area contributed by atoms with Gasteiger partial charge in [0.15, 0.2) is 5.75 Å². The summed E-state index contributed by atoms with van der Waals surface area (Å²) in [5.74, 6) is -0.208. The molecule has 1 aromatic carbocycles. The molecule has 1 N–H and O–H groups in total. The van der Waals surface area contributed by atoms with E-state index >= 15 is 0 Å². The van der Waals surface area contributed by atoms with Crippen LogP contribution in [0.25, 0.3) is 0 Å². The van der Waals surface area contributed by atoms with Gasteiger partial charge >= 0.3 is 5.69 Å². The Balaban J connectivity index is 2.26. The van der Waals surface area contributed by atoms with Gasteiger partial charge in [0.25, 0.3) is 5.91 Å². The summed E-state index contributed by atoms with van der Waals surface area (Å²) in [6.45, 7) is 0.775. The minimum atomic E-state index is -0.563. The Labute approximate surface area is 109 Å². The maximum absolute atomic E-state index is 12.1. The lowest BCUT2D eigenvalue weighted by atomic mass is 10.1. The maximum Gasteiger partial charge on any atom is 0.310 e. The van der Waals surface area contributed by atoms with Crippen molar-refractivity contribution in [3.8, 4) is 5.75 Å². The Bertz CT molecular complexity index is 517. The predicted octanol–water partition coefficient (Wildman–Crippen LogP) is 0.810. The average Bonchev–Trinajstić information content (AvgIpc) is 2.83. The number of nitro groups is 1. The number of amides is 1. The highest BCUT2D eigenvalue weighted by atomic mass is 16.6. The van der Waals surface area contributed by atoms with E-state index in [1.807, 2.05) is 0 Å². The number of rotatable bonds is 3. The van der Waals surface area contributed by atoms with Crippen molar-refractivity contribution in [3.63, 3.8) is 0 Å². The zero-order chi connectivity index (χ0) is 14.0. The van der Waals surface area contributed by atoms with Gasteiger partial charge in [-0.25, -0.2) is 0 Å². The van der Waals surface area contributed by atoms with Crippen LogP contribution in [-0.2, 0) is 0 Å². The molecule has 2 rings (SSSR count). The molecule has 19 heavy (non-hydrogen) atoms. The summed E-state index contributed by atoms with van der Waals surface area (Å²) in [5.41, 5.74) is 0.136. The summed E-state index contributed by atoms with van der Waals surface area (Å²) in [5, 5.41) is 20.2. The fourth-order valence-electron chi connectivity index (χ4n) is 2.07. The third-order valence-electron chi connectivity index (χ3n) is 3.07. The highest BCUT2D eigenvalue weighted by Gasteiger charge is 2.26. The zero-order valence-electron chi connectivity index (χ0n) is 10.4.